The maximum absolute atomic E-state index is 12.1. The van der Waals surface area contributed by atoms with Crippen LogP contribution in [0.15, 0.2) is 0 Å². The second kappa shape index (κ2) is 18.4. The summed E-state index contributed by atoms with van der Waals surface area (Å²) in [6.45, 7) is 5.14. The first kappa shape index (κ1) is 30.1. The minimum absolute atomic E-state index is 0.320. The lowest BCUT2D eigenvalue weighted by atomic mass is 9.97. The van der Waals surface area contributed by atoms with Crippen LogP contribution in [0.1, 0.15) is 122 Å². The molecule has 0 bridgehead atoms. The van der Waals surface area contributed by atoms with Crippen molar-refractivity contribution in [1.29, 1.82) is 0 Å². The van der Waals surface area contributed by atoms with Gasteiger partial charge in [-0.1, -0.05) is 103 Å². The van der Waals surface area contributed by atoms with Crippen molar-refractivity contribution >= 4 is 7.82 Å². The Morgan fingerprint density at radius 3 is 1.56 bits per heavy atom. The predicted molar refractivity (Wildman–Crippen MR) is 136 cm³/mol. The number of piperidine rings is 1. The number of unbranched alkanes of at least 4 members (excludes halogenated alkanes) is 15. The number of quaternary nitrogens is 1. The minimum atomic E-state index is -3.89. The van der Waals surface area contributed by atoms with E-state index in [0.29, 0.717) is 19.1 Å². The quantitative estimate of drug-likeness (QED) is 0.104. The molecule has 1 aliphatic rings. The maximum atomic E-state index is 12.1. The summed E-state index contributed by atoms with van der Waals surface area (Å²) >= 11 is 0. The lowest BCUT2D eigenvalue weighted by Crippen LogP contribution is -2.46. The molecule has 0 aliphatic carbocycles. The van der Waals surface area contributed by atoms with Gasteiger partial charge in [-0.25, -0.2) is 4.57 Å². The van der Waals surface area contributed by atoms with Crippen LogP contribution in [0.2, 0.25) is 0 Å². The Labute approximate surface area is 199 Å². The largest absolute Gasteiger partial charge is 0.472 e. The second-order valence-corrected chi connectivity index (χ2v) is 12.2. The van der Waals surface area contributed by atoms with Gasteiger partial charge in [-0.05, 0) is 12.3 Å². The zero-order valence-electron chi connectivity index (χ0n) is 21.7. The molecule has 6 heteroatoms. The Hall–Kier alpha value is 0.0700. The number of hydrogen-bond donors (Lipinski definition) is 1. The van der Waals surface area contributed by atoms with E-state index in [-0.39, 0.29) is 0 Å². The standard InChI is InChI=1S/C26H54NO4P/c1-4-5-6-7-8-9-10-11-12-13-14-15-16-17-18-19-24-30-32(28,29)31-25-26-20-22-27(2,3)23-21-26/h26H,4-25H2,1-3H3/p+1. The van der Waals surface area contributed by atoms with Crippen LogP contribution in [0, 0.1) is 5.92 Å². The Kier molecular flexibility index (Phi) is 17.3. The van der Waals surface area contributed by atoms with Gasteiger partial charge in [0.2, 0.25) is 0 Å². The van der Waals surface area contributed by atoms with Crippen LogP contribution in [0.3, 0.4) is 0 Å². The van der Waals surface area contributed by atoms with Gasteiger partial charge in [-0.3, -0.25) is 9.05 Å². The zero-order chi connectivity index (χ0) is 23.5. The first-order chi connectivity index (χ1) is 15.3. The molecule has 1 N–H and O–H groups in total. The van der Waals surface area contributed by atoms with Crippen molar-refractivity contribution in [3.05, 3.63) is 0 Å². The van der Waals surface area contributed by atoms with Crippen molar-refractivity contribution in [3.8, 4) is 0 Å². The van der Waals surface area contributed by atoms with Crippen molar-refractivity contribution in [3.63, 3.8) is 0 Å². The number of likely N-dealkylation sites (tertiary alicyclic amines) is 1. The van der Waals surface area contributed by atoms with Gasteiger partial charge in [0.1, 0.15) is 0 Å². The van der Waals surface area contributed by atoms with E-state index in [1.165, 1.54) is 89.9 Å². The fourth-order valence-corrected chi connectivity index (χ4v) is 5.39. The lowest BCUT2D eigenvalue weighted by molar-refractivity contribution is -0.896. The van der Waals surface area contributed by atoms with Crippen LogP contribution in [-0.4, -0.2) is 49.8 Å². The number of nitrogens with zero attached hydrogens (tertiary/aromatic N) is 1. The topological polar surface area (TPSA) is 55.8 Å². The van der Waals surface area contributed by atoms with E-state index in [0.717, 1.165) is 43.3 Å². The highest BCUT2D eigenvalue weighted by atomic mass is 31.2. The third-order valence-corrected chi connectivity index (χ3v) is 8.00. The Balaban J connectivity index is 1.82. The van der Waals surface area contributed by atoms with Crippen LogP contribution in [0.25, 0.3) is 0 Å². The summed E-state index contributed by atoms with van der Waals surface area (Å²) in [5.74, 6) is 0.376. The zero-order valence-corrected chi connectivity index (χ0v) is 22.6. The summed E-state index contributed by atoms with van der Waals surface area (Å²) in [6.07, 6.45) is 23.2. The molecule has 1 aliphatic heterocycles. The normalized spacial score (nSPS) is 18.6. The highest BCUT2D eigenvalue weighted by Gasteiger charge is 2.29. The van der Waals surface area contributed by atoms with E-state index in [1.807, 2.05) is 0 Å². The molecule has 1 saturated heterocycles. The maximum Gasteiger partial charge on any atom is 0.472 e. The molecule has 32 heavy (non-hydrogen) atoms. The molecule has 0 saturated carbocycles. The predicted octanol–water partition coefficient (Wildman–Crippen LogP) is 7.87. The molecule has 1 unspecified atom stereocenters. The highest BCUT2D eigenvalue weighted by molar-refractivity contribution is 7.47. The molecule has 0 spiro atoms. The molecule has 5 nitrogen and oxygen atoms in total. The number of phosphoric ester groups is 1. The van der Waals surface area contributed by atoms with Crippen LogP contribution in [0.5, 0.6) is 0 Å². The fourth-order valence-electron chi connectivity index (χ4n) is 4.55. The summed E-state index contributed by atoms with van der Waals surface area (Å²) in [5, 5.41) is 0. The van der Waals surface area contributed by atoms with Gasteiger partial charge in [-0.2, -0.15) is 0 Å². The van der Waals surface area contributed by atoms with Crippen LogP contribution >= 0.6 is 7.82 Å². The third-order valence-electron chi connectivity index (χ3n) is 7.01. The number of phosphoric acid groups is 1. The fraction of sp³-hybridized carbons (Fsp3) is 1.00. The van der Waals surface area contributed by atoms with Gasteiger partial charge >= 0.3 is 7.82 Å². The molecule has 0 radical (unpaired) electrons. The average molecular weight is 477 g/mol. The Bertz CT molecular complexity index is 476. The van der Waals surface area contributed by atoms with E-state index < -0.39 is 7.82 Å². The van der Waals surface area contributed by atoms with Crippen molar-refractivity contribution < 1.29 is 23.0 Å². The molecule has 1 atom stereocenters. The van der Waals surface area contributed by atoms with Crippen LogP contribution < -0.4 is 0 Å². The van der Waals surface area contributed by atoms with Crippen molar-refractivity contribution in [2.75, 3.05) is 40.4 Å². The SMILES string of the molecule is CCCCCCCCCCCCCCCCCCOP(=O)(O)OCC1CC[N+](C)(C)CC1. The summed E-state index contributed by atoms with van der Waals surface area (Å²) in [6, 6.07) is 0. The highest BCUT2D eigenvalue weighted by Crippen LogP contribution is 2.44. The lowest BCUT2D eigenvalue weighted by Gasteiger charge is -2.37. The smallest absolute Gasteiger partial charge is 0.328 e. The van der Waals surface area contributed by atoms with Crippen molar-refractivity contribution in [1.82, 2.24) is 0 Å². The molecular weight excluding hydrogens is 421 g/mol. The molecule has 1 rings (SSSR count). The molecule has 192 valence electrons. The molecule has 1 heterocycles. The summed E-state index contributed by atoms with van der Waals surface area (Å²) in [4.78, 5) is 9.88. The molecule has 1 fully saturated rings. The van der Waals surface area contributed by atoms with E-state index in [2.05, 4.69) is 21.0 Å². The van der Waals surface area contributed by atoms with E-state index in [1.54, 1.807) is 0 Å². The van der Waals surface area contributed by atoms with Gasteiger partial charge in [0, 0.05) is 12.8 Å². The monoisotopic (exact) mass is 476 g/mol. The molecule has 0 aromatic carbocycles. The summed E-state index contributed by atoms with van der Waals surface area (Å²) < 4.78 is 23.5. The Morgan fingerprint density at radius 1 is 0.719 bits per heavy atom. The van der Waals surface area contributed by atoms with Crippen molar-refractivity contribution in [2.24, 2.45) is 5.92 Å². The van der Waals surface area contributed by atoms with Gasteiger partial charge in [0.15, 0.2) is 0 Å². The first-order valence-corrected chi connectivity index (χ1v) is 15.3. The molecule has 0 amide bonds. The third kappa shape index (κ3) is 17.5. The van der Waals surface area contributed by atoms with Crippen LogP contribution in [-0.2, 0) is 13.6 Å². The van der Waals surface area contributed by atoms with E-state index >= 15 is 0 Å². The van der Waals surface area contributed by atoms with Crippen molar-refractivity contribution in [2.45, 2.75) is 122 Å². The number of rotatable bonds is 21. The first-order valence-electron chi connectivity index (χ1n) is 13.8. The summed E-state index contributed by atoms with van der Waals surface area (Å²) in [5.41, 5.74) is 0. The van der Waals surface area contributed by atoms with Crippen LogP contribution in [0.4, 0.5) is 0 Å². The van der Waals surface area contributed by atoms with Gasteiger partial charge in [-0.15, -0.1) is 0 Å². The average Bonchev–Trinajstić information content (AvgIpc) is 2.75. The Morgan fingerprint density at radius 2 is 1.12 bits per heavy atom. The van der Waals surface area contributed by atoms with Gasteiger partial charge in [0.25, 0.3) is 0 Å². The van der Waals surface area contributed by atoms with E-state index in [9.17, 15) is 9.46 Å². The molecular formula is C26H55NO4P+. The number of hydrogen-bond acceptors (Lipinski definition) is 3. The second-order valence-electron chi connectivity index (χ2n) is 10.7. The van der Waals surface area contributed by atoms with Gasteiger partial charge < -0.3 is 9.38 Å². The van der Waals surface area contributed by atoms with Gasteiger partial charge in [0.05, 0.1) is 40.4 Å². The molecule has 0 aromatic rings. The van der Waals surface area contributed by atoms with E-state index in [4.69, 9.17) is 9.05 Å². The minimum Gasteiger partial charge on any atom is -0.328 e. The molecule has 0 aromatic heterocycles. The summed E-state index contributed by atoms with van der Waals surface area (Å²) in [7, 11) is 0.576.